The van der Waals surface area contributed by atoms with Crippen LogP contribution in [0.25, 0.3) is 0 Å². The van der Waals surface area contributed by atoms with Crippen molar-refractivity contribution in [3.05, 3.63) is 48.1 Å². The summed E-state index contributed by atoms with van der Waals surface area (Å²) in [5.41, 5.74) is 1.58. The van der Waals surface area contributed by atoms with Crippen LogP contribution in [0, 0.1) is 12.1 Å². The molecule has 2 fully saturated rings. The van der Waals surface area contributed by atoms with Gasteiger partial charge in [-0.05, 0) is 27.7 Å². The van der Waals surface area contributed by atoms with Crippen molar-refractivity contribution in [3.63, 3.8) is 0 Å². The van der Waals surface area contributed by atoms with Gasteiger partial charge in [0, 0.05) is 32.7 Å². The molecule has 211 valence electrons. The minimum Gasteiger partial charge on any atom is -0.424 e. The summed E-state index contributed by atoms with van der Waals surface area (Å²) in [6.45, 7) is 17.5. The Morgan fingerprint density at radius 1 is 1.03 bits per heavy atom. The predicted octanol–water partition coefficient (Wildman–Crippen LogP) is 4.65. The molecule has 1 N–H and O–H groups in total. The molecule has 0 spiro atoms. The van der Waals surface area contributed by atoms with E-state index in [1.54, 1.807) is 16.8 Å². The Morgan fingerprint density at radius 2 is 1.69 bits per heavy atom. The van der Waals surface area contributed by atoms with E-state index in [0.717, 1.165) is 0 Å². The molecule has 3 aliphatic rings. The quantitative estimate of drug-likeness (QED) is 0.374. The van der Waals surface area contributed by atoms with Crippen LogP contribution in [0.5, 0.6) is 6.01 Å². The van der Waals surface area contributed by atoms with Crippen molar-refractivity contribution in [2.75, 3.05) is 6.61 Å². The molecule has 3 aliphatic heterocycles. The summed E-state index contributed by atoms with van der Waals surface area (Å²) in [4.78, 5) is 8.96. The fourth-order valence-electron chi connectivity index (χ4n) is 5.90. The molecule has 4 atom stereocenters. The Morgan fingerprint density at radius 3 is 2.28 bits per heavy atom. The topological polar surface area (TPSA) is 96.6 Å². The molecule has 0 bridgehead atoms. The SMILES string of the molecule is CC(C)[Si]1(C(C)C)OC[C@@H]2O[C@@H]3n4c[c-]c(=Nc5[c-]cccc5)nc4O[C@]3(O)C2O[Si](C(C)C)(C(C)C)O1.[Y]. The first-order valence-corrected chi connectivity index (χ1v) is 17.5. The molecule has 0 amide bonds. The smallest absolute Gasteiger partial charge is 0.335 e. The molecule has 0 aliphatic carbocycles. The number of rotatable bonds is 5. The van der Waals surface area contributed by atoms with Crippen LogP contribution >= 0.6 is 0 Å². The summed E-state index contributed by atoms with van der Waals surface area (Å²) in [5, 5.41) is 12.0. The molecule has 1 aromatic heterocycles. The number of benzene rings is 1. The van der Waals surface area contributed by atoms with E-state index < -0.39 is 41.3 Å². The zero-order valence-corrected chi connectivity index (χ0v) is 28.9. The van der Waals surface area contributed by atoms with E-state index in [2.05, 4.69) is 77.5 Å². The van der Waals surface area contributed by atoms with Gasteiger partial charge in [0.1, 0.15) is 12.2 Å². The second kappa shape index (κ2) is 11.5. The van der Waals surface area contributed by atoms with E-state index in [9.17, 15) is 5.11 Å². The van der Waals surface area contributed by atoms with Gasteiger partial charge in [-0.15, -0.1) is 6.07 Å². The van der Waals surface area contributed by atoms with Crippen LogP contribution in [-0.4, -0.2) is 56.4 Å². The molecule has 2 saturated heterocycles. The van der Waals surface area contributed by atoms with Gasteiger partial charge in [0.25, 0.3) is 11.8 Å². The molecule has 1 radical (unpaired) electrons. The minimum absolute atomic E-state index is 0. The second-order valence-corrected chi connectivity index (χ2v) is 20.5. The van der Waals surface area contributed by atoms with Crippen LogP contribution in [0.2, 0.25) is 22.2 Å². The van der Waals surface area contributed by atoms with Crippen molar-refractivity contribution in [1.29, 1.82) is 0 Å². The number of fused-ring (bicyclic) bond motifs is 5. The molecular weight excluding hydrogens is 607 g/mol. The number of ether oxygens (including phenoxy) is 2. The van der Waals surface area contributed by atoms with Gasteiger partial charge >= 0.3 is 17.1 Å². The Hall–Kier alpha value is -0.762. The third kappa shape index (κ3) is 5.21. The first kappa shape index (κ1) is 31.2. The van der Waals surface area contributed by atoms with Crippen LogP contribution < -0.4 is 10.2 Å². The van der Waals surface area contributed by atoms with Crippen LogP contribution in [0.4, 0.5) is 5.69 Å². The monoisotopic (exact) mass is 646 g/mol. The Labute approximate surface area is 258 Å². The fourth-order valence-corrected chi connectivity index (χ4v) is 17.1. The fraction of sp³-hybridized carbons (Fsp3) is 0.630. The number of hydrogen-bond donors (Lipinski definition) is 1. The van der Waals surface area contributed by atoms with E-state index >= 15 is 0 Å². The van der Waals surface area contributed by atoms with Gasteiger partial charge in [-0.3, -0.25) is 4.99 Å². The predicted molar refractivity (Wildman–Crippen MR) is 145 cm³/mol. The largest absolute Gasteiger partial charge is 0.424 e. The van der Waals surface area contributed by atoms with Gasteiger partial charge in [0.2, 0.25) is 6.23 Å². The molecule has 5 rings (SSSR count). The molecule has 2 aromatic rings. The molecule has 12 heteroatoms. The number of nitrogens with zero attached hydrogens (tertiary/aromatic N) is 3. The Bertz CT molecular complexity index is 1210. The number of para-hydroxylation sites is 1. The number of aliphatic hydroxyl groups is 1. The summed E-state index contributed by atoms with van der Waals surface area (Å²) >= 11 is 0. The molecule has 4 heterocycles. The van der Waals surface area contributed by atoms with Crippen LogP contribution in [0.15, 0.2) is 35.5 Å². The normalized spacial score (nSPS) is 29.5. The maximum atomic E-state index is 12.0. The van der Waals surface area contributed by atoms with Crippen molar-refractivity contribution in [2.24, 2.45) is 4.99 Å². The molecule has 1 aromatic carbocycles. The summed E-state index contributed by atoms with van der Waals surface area (Å²) < 4.78 is 35.3. The van der Waals surface area contributed by atoms with Crippen molar-refractivity contribution in [2.45, 2.75) is 102 Å². The average Bonchev–Trinajstić information content (AvgIpc) is 3.26. The van der Waals surface area contributed by atoms with E-state index in [0.29, 0.717) is 11.2 Å². The van der Waals surface area contributed by atoms with Gasteiger partial charge < -0.3 is 38.2 Å². The van der Waals surface area contributed by atoms with Crippen molar-refractivity contribution < 1.29 is 60.3 Å². The molecule has 9 nitrogen and oxygen atoms in total. The van der Waals surface area contributed by atoms with Crippen LogP contribution in [-0.2, 0) is 50.4 Å². The van der Waals surface area contributed by atoms with Gasteiger partial charge in [0.15, 0.2) is 0 Å². The van der Waals surface area contributed by atoms with Crippen LogP contribution in [0.1, 0.15) is 61.6 Å². The molecule has 1 unspecified atom stereocenters. The second-order valence-electron chi connectivity index (χ2n) is 11.7. The van der Waals surface area contributed by atoms with Gasteiger partial charge in [-0.25, -0.2) is 4.98 Å². The van der Waals surface area contributed by atoms with Crippen LogP contribution in [0.3, 0.4) is 0 Å². The Balaban J connectivity index is 0.00000353. The zero-order chi connectivity index (χ0) is 27.5. The average molecular weight is 647 g/mol. The van der Waals surface area contributed by atoms with Gasteiger partial charge in [-0.2, -0.15) is 30.5 Å². The standard InChI is InChI=1S/C27H39N3O6Si2.Y/c1-17(2)37(18(3)4)32-16-22-24(35-38(36-37,19(5)6)20(7)8)27(31)25(33-22)30-15-14-23(29-26(30)34-27)28-21-12-10-9-11-13-21;/h9-12,15,17-20,22,24-25,31H,16H2,1-8H3;/q-2;/t22-,24?,25-,27+;/m0./s1. The summed E-state index contributed by atoms with van der Waals surface area (Å²) in [6.07, 6.45) is -0.568. The first-order valence-electron chi connectivity index (χ1n) is 13.5. The third-order valence-electron chi connectivity index (χ3n) is 7.91. The summed E-state index contributed by atoms with van der Waals surface area (Å²) in [5.74, 6) is -1.80. The molecular formula is C27H39N3O6Si2Y-2. The maximum absolute atomic E-state index is 12.0. The molecule has 39 heavy (non-hydrogen) atoms. The summed E-state index contributed by atoms with van der Waals surface area (Å²) in [7, 11) is -5.71. The summed E-state index contributed by atoms with van der Waals surface area (Å²) in [6, 6.07) is 13.7. The maximum Gasteiger partial charge on any atom is 0.335 e. The van der Waals surface area contributed by atoms with Crippen molar-refractivity contribution in [1.82, 2.24) is 9.55 Å². The van der Waals surface area contributed by atoms with E-state index in [1.807, 2.05) is 18.2 Å². The first-order chi connectivity index (χ1) is 17.9. The van der Waals surface area contributed by atoms with E-state index in [-0.39, 0.29) is 67.5 Å². The van der Waals surface area contributed by atoms with Crippen molar-refractivity contribution >= 4 is 22.8 Å². The van der Waals surface area contributed by atoms with Crippen molar-refractivity contribution in [3.8, 4) is 6.01 Å². The third-order valence-corrected chi connectivity index (χ3v) is 18.1. The van der Waals surface area contributed by atoms with E-state index in [4.69, 9.17) is 22.4 Å². The molecule has 0 saturated carbocycles. The number of hydrogen-bond acceptors (Lipinski definition) is 8. The van der Waals surface area contributed by atoms with Gasteiger partial charge in [-0.1, -0.05) is 61.1 Å². The zero-order valence-electron chi connectivity index (χ0n) is 24.0. The minimum atomic E-state index is -2.98. The van der Waals surface area contributed by atoms with Gasteiger partial charge in [0.05, 0.1) is 6.61 Å². The van der Waals surface area contributed by atoms with E-state index in [1.165, 1.54) is 0 Å². The Kier molecular flexibility index (Phi) is 9.19. The number of aromatic nitrogens is 2.